The van der Waals surface area contributed by atoms with E-state index in [-0.39, 0.29) is 6.10 Å². The molecule has 0 aliphatic heterocycles. The van der Waals surface area contributed by atoms with Gasteiger partial charge < -0.3 is 15.4 Å². The quantitative estimate of drug-likeness (QED) is 0.633. The average Bonchev–Trinajstić information content (AvgIpc) is 3.01. The van der Waals surface area contributed by atoms with Crippen molar-refractivity contribution < 1.29 is 5.11 Å². The zero-order valence-corrected chi connectivity index (χ0v) is 14.8. The lowest BCUT2D eigenvalue weighted by molar-refractivity contribution is 0.126. The molecule has 0 bridgehead atoms. The number of aliphatic hydroxyl groups excluding tert-OH is 1. The number of aromatic amines is 1. The van der Waals surface area contributed by atoms with E-state index in [0.29, 0.717) is 6.04 Å². The number of rotatable bonds is 3. The summed E-state index contributed by atoms with van der Waals surface area (Å²) in [5, 5.41) is 14.1. The number of aromatic nitrogens is 3. The highest BCUT2D eigenvalue weighted by atomic mass is 79.9. The Morgan fingerprint density at radius 3 is 2.71 bits per heavy atom. The van der Waals surface area contributed by atoms with Crippen molar-refractivity contribution in [3.05, 3.63) is 41.3 Å². The van der Waals surface area contributed by atoms with Crippen LogP contribution in [-0.2, 0) is 0 Å². The summed E-state index contributed by atoms with van der Waals surface area (Å²) in [6.45, 7) is 0. The fourth-order valence-electron chi connectivity index (χ4n) is 3.28. The van der Waals surface area contributed by atoms with E-state index in [9.17, 15) is 5.11 Å². The number of hydrogen-bond acceptors (Lipinski definition) is 4. The largest absolute Gasteiger partial charge is 0.393 e. The lowest BCUT2D eigenvalue weighted by Crippen LogP contribution is -2.28. The normalized spacial score (nSPS) is 21.1. The number of halogens is 1. The van der Waals surface area contributed by atoms with E-state index in [1.54, 1.807) is 6.20 Å². The molecular weight excluding hydrogens is 368 g/mol. The van der Waals surface area contributed by atoms with Gasteiger partial charge in [-0.25, -0.2) is 9.97 Å². The predicted octanol–water partition coefficient (Wildman–Crippen LogP) is 4.10. The molecular formula is C18H19BrN4O. The third-order valence-electron chi connectivity index (χ3n) is 4.62. The van der Waals surface area contributed by atoms with Crippen LogP contribution in [0, 0.1) is 0 Å². The number of aliphatic hydroxyl groups is 1. The van der Waals surface area contributed by atoms with Gasteiger partial charge in [-0.1, -0.05) is 0 Å². The van der Waals surface area contributed by atoms with E-state index in [4.69, 9.17) is 0 Å². The zero-order chi connectivity index (χ0) is 16.5. The molecule has 0 spiro atoms. The Bertz CT molecular complexity index is 838. The van der Waals surface area contributed by atoms with Crippen molar-refractivity contribution in [3.63, 3.8) is 0 Å². The molecule has 4 rings (SSSR count). The lowest BCUT2D eigenvalue weighted by atomic mass is 9.93. The van der Waals surface area contributed by atoms with Gasteiger partial charge in [0.1, 0.15) is 11.5 Å². The maximum absolute atomic E-state index is 9.59. The standard InChI is InChI=1S/C18H19BrN4O/c19-12-7-15-16(10-22-18(15)21-9-12)11-1-6-17(20-8-11)23-13-2-4-14(24)5-3-13/h1,6-10,13-14,24H,2-5H2,(H,20,23)(H,21,22). The third kappa shape index (κ3) is 3.16. The Morgan fingerprint density at radius 2 is 1.96 bits per heavy atom. The molecule has 1 fully saturated rings. The van der Waals surface area contributed by atoms with E-state index in [2.05, 4.69) is 48.3 Å². The third-order valence-corrected chi connectivity index (χ3v) is 5.05. The minimum absolute atomic E-state index is 0.131. The Hall–Kier alpha value is -1.92. The maximum Gasteiger partial charge on any atom is 0.137 e. The predicted molar refractivity (Wildman–Crippen MR) is 98.9 cm³/mol. The van der Waals surface area contributed by atoms with Crippen LogP contribution in [-0.4, -0.2) is 32.2 Å². The van der Waals surface area contributed by atoms with Gasteiger partial charge in [0.2, 0.25) is 0 Å². The van der Waals surface area contributed by atoms with Crippen molar-refractivity contribution in [2.45, 2.75) is 37.8 Å². The number of anilines is 1. The molecule has 0 aromatic carbocycles. The van der Waals surface area contributed by atoms with Crippen LogP contribution in [0.5, 0.6) is 0 Å². The molecule has 1 aliphatic rings. The first-order valence-electron chi connectivity index (χ1n) is 8.23. The van der Waals surface area contributed by atoms with E-state index in [1.165, 1.54) is 0 Å². The van der Waals surface area contributed by atoms with Gasteiger partial charge in [0.05, 0.1) is 6.10 Å². The Morgan fingerprint density at radius 1 is 1.12 bits per heavy atom. The first-order chi connectivity index (χ1) is 11.7. The summed E-state index contributed by atoms with van der Waals surface area (Å²) in [6.07, 6.45) is 9.24. The molecule has 5 nitrogen and oxygen atoms in total. The van der Waals surface area contributed by atoms with Gasteiger partial charge in [0.15, 0.2) is 0 Å². The summed E-state index contributed by atoms with van der Waals surface area (Å²) in [5.41, 5.74) is 3.03. The number of fused-ring (bicyclic) bond motifs is 1. The molecule has 24 heavy (non-hydrogen) atoms. The van der Waals surface area contributed by atoms with Gasteiger partial charge in [-0.15, -0.1) is 0 Å². The number of nitrogens with zero attached hydrogens (tertiary/aromatic N) is 2. The smallest absolute Gasteiger partial charge is 0.137 e. The van der Waals surface area contributed by atoms with Crippen molar-refractivity contribution in [2.75, 3.05) is 5.32 Å². The van der Waals surface area contributed by atoms with E-state index < -0.39 is 0 Å². The van der Waals surface area contributed by atoms with Gasteiger partial charge in [0.25, 0.3) is 0 Å². The second kappa shape index (κ2) is 6.53. The number of pyridine rings is 2. The Labute approximate surface area is 148 Å². The highest BCUT2D eigenvalue weighted by Gasteiger charge is 2.19. The average molecular weight is 387 g/mol. The van der Waals surface area contributed by atoms with Crippen LogP contribution in [0.1, 0.15) is 25.7 Å². The second-order valence-electron chi connectivity index (χ2n) is 6.33. The second-order valence-corrected chi connectivity index (χ2v) is 7.25. The van der Waals surface area contributed by atoms with Gasteiger partial charge >= 0.3 is 0 Å². The van der Waals surface area contributed by atoms with Gasteiger partial charge in [-0.05, 0) is 59.8 Å². The summed E-state index contributed by atoms with van der Waals surface area (Å²) in [6, 6.07) is 6.56. The molecule has 0 amide bonds. The van der Waals surface area contributed by atoms with Gasteiger partial charge in [-0.2, -0.15) is 0 Å². The van der Waals surface area contributed by atoms with Crippen molar-refractivity contribution in [1.82, 2.24) is 15.0 Å². The highest BCUT2D eigenvalue weighted by molar-refractivity contribution is 9.10. The molecule has 3 aromatic heterocycles. The zero-order valence-electron chi connectivity index (χ0n) is 13.2. The highest BCUT2D eigenvalue weighted by Crippen LogP contribution is 2.30. The molecule has 1 aliphatic carbocycles. The molecule has 1 saturated carbocycles. The van der Waals surface area contributed by atoms with Gasteiger partial charge in [0, 0.05) is 45.6 Å². The van der Waals surface area contributed by atoms with Crippen molar-refractivity contribution >= 4 is 32.8 Å². The summed E-state index contributed by atoms with van der Waals surface area (Å²) in [5.74, 6) is 0.888. The van der Waals surface area contributed by atoms with E-state index >= 15 is 0 Å². The topological polar surface area (TPSA) is 73.8 Å². The molecule has 3 heterocycles. The molecule has 0 saturated heterocycles. The minimum Gasteiger partial charge on any atom is -0.393 e. The van der Waals surface area contributed by atoms with Gasteiger partial charge in [-0.3, -0.25) is 0 Å². The SMILES string of the molecule is OC1CCC(Nc2ccc(-c3c[nH]c4ncc(Br)cc34)cn2)CC1. The van der Waals surface area contributed by atoms with Crippen LogP contribution in [0.25, 0.3) is 22.2 Å². The number of nitrogens with one attached hydrogen (secondary N) is 2. The molecule has 0 radical (unpaired) electrons. The lowest BCUT2D eigenvalue weighted by Gasteiger charge is -2.26. The number of H-pyrrole nitrogens is 1. The summed E-state index contributed by atoms with van der Waals surface area (Å²) in [7, 11) is 0. The Balaban J connectivity index is 1.54. The fourth-order valence-corrected chi connectivity index (χ4v) is 3.62. The van der Waals surface area contributed by atoms with E-state index in [1.807, 2.05) is 18.5 Å². The molecule has 3 N–H and O–H groups in total. The molecule has 6 heteroatoms. The minimum atomic E-state index is -0.131. The van der Waals surface area contributed by atoms with Crippen LogP contribution in [0.15, 0.2) is 41.3 Å². The van der Waals surface area contributed by atoms with Crippen LogP contribution in [0.2, 0.25) is 0 Å². The first kappa shape index (κ1) is 15.6. The molecule has 124 valence electrons. The van der Waals surface area contributed by atoms with Crippen molar-refractivity contribution in [2.24, 2.45) is 0 Å². The first-order valence-corrected chi connectivity index (χ1v) is 9.02. The molecule has 0 atom stereocenters. The Kier molecular flexibility index (Phi) is 4.24. The van der Waals surface area contributed by atoms with Crippen LogP contribution >= 0.6 is 15.9 Å². The summed E-state index contributed by atoms with van der Waals surface area (Å²) in [4.78, 5) is 12.1. The molecule has 3 aromatic rings. The maximum atomic E-state index is 9.59. The number of hydrogen-bond donors (Lipinski definition) is 3. The molecule has 0 unspecified atom stereocenters. The van der Waals surface area contributed by atoms with Crippen molar-refractivity contribution in [3.8, 4) is 11.1 Å². The van der Waals surface area contributed by atoms with E-state index in [0.717, 1.165) is 58.1 Å². The van der Waals surface area contributed by atoms with Crippen LogP contribution in [0.4, 0.5) is 5.82 Å². The monoisotopic (exact) mass is 386 g/mol. The van der Waals surface area contributed by atoms with Crippen molar-refractivity contribution in [1.29, 1.82) is 0 Å². The summed E-state index contributed by atoms with van der Waals surface area (Å²) >= 11 is 3.48. The van der Waals surface area contributed by atoms with Crippen LogP contribution in [0.3, 0.4) is 0 Å². The summed E-state index contributed by atoms with van der Waals surface area (Å²) < 4.78 is 0.960. The fraction of sp³-hybridized carbons (Fsp3) is 0.333. The van der Waals surface area contributed by atoms with Crippen LogP contribution < -0.4 is 5.32 Å².